The Morgan fingerprint density at radius 2 is 1.35 bits per heavy atom. The van der Waals surface area contributed by atoms with Crippen molar-refractivity contribution < 1.29 is 14.4 Å². The summed E-state index contributed by atoms with van der Waals surface area (Å²) in [6, 6.07) is 16.9. The number of nitrogens with zero attached hydrogens (tertiary/aromatic N) is 1. The maximum atomic E-state index is 11.5. The lowest BCUT2D eigenvalue weighted by Crippen LogP contribution is -2.33. The maximum absolute atomic E-state index is 11.5. The molecule has 0 fully saturated rings. The molecule has 1 aliphatic heterocycles. The van der Waals surface area contributed by atoms with Crippen LogP contribution in [0, 0.1) is 0 Å². The van der Waals surface area contributed by atoms with Gasteiger partial charge >= 0.3 is 0 Å². The quantitative estimate of drug-likeness (QED) is 0.801. The molecule has 2 aromatic carbocycles. The van der Waals surface area contributed by atoms with E-state index in [1.165, 1.54) is 12.2 Å². The average Bonchev–Trinajstić information content (AvgIpc) is 2.81. The summed E-state index contributed by atoms with van der Waals surface area (Å²) in [6.45, 7) is 0. The normalized spacial score (nSPS) is 13.9. The van der Waals surface area contributed by atoms with E-state index in [0.29, 0.717) is 5.75 Å². The summed E-state index contributed by atoms with van der Waals surface area (Å²) < 4.78 is 0. The first-order chi connectivity index (χ1) is 9.75. The summed E-state index contributed by atoms with van der Waals surface area (Å²) in [5, 5.41) is 0.752. The van der Waals surface area contributed by atoms with Crippen molar-refractivity contribution in [1.29, 1.82) is 0 Å². The van der Waals surface area contributed by atoms with Gasteiger partial charge in [0.05, 0.1) is 0 Å². The van der Waals surface area contributed by atoms with E-state index in [-0.39, 0.29) is 0 Å². The van der Waals surface area contributed by atoms with E-state index in [1.54, 1.807) is 12.1 Å². The van der Waals surface area contributed by atoms with E-state index >= 15 is 0 Å². The van der Waals surface area contributed by atoms with Crippen molar-refractivity contribution >= 4 is 11.8 Å². The highest BCUT2D eigenvalue weighted by Gasteiger charge is 2.26. The predicted octanol–water partition coefficient (Wildman–Crippen LogP) is 2.57. The monoisotopic (exact) mass is 265 g/mol. The standard InChI is InChI=1S/C16H11NO3/c18-15-10-11-16(19)17(15)20-14-9-5-4-8-13(14)12-6-2-1-3-7-12/h1-11H. The van der Waals surface area contributed by atoms with E-state index in [2.05, 4.69) is 0 Å². The van der Waals surface area contributed by atoms with Crippen molar-refractivity contribution in [2.75, 3.05) is 0 Å². The Kier molecular flexibility index (Phi) is 3.05. The first-order valence-corrected chi connectivity index (χ1v) is 6.14. The molecule has 0 atom stereocenters. The highest BCUT2D eigenvalue weighted by Crippen LogP contribution is 2.30. The highest BCUT2D eigenvalue weighted by atomic mass is 16.7. The summed E-state index contributed by atoms with van der Waals surface area (Å²) in [5.41, 5.74) is 1.77. The molecule has 0 bridgehead atoms. The summed E-state index contributed by atoms with van der Waals surface area (Å²) in [7, 11) is 0. The Hall–Kier alpha value is -2.88. The third-order valence-electron chi connectivity index (χ3n) is 2.93. The zero-order valence-electron chi connectivity index (χ0n) is 10.5. The van der Waals surface area contributed by atoms with Gasteiger partial charge in [0.2, 0.25) is 0 Å². The van der Waals surface area contributed by atoms with Crippen molar-refractivity contribution in [1.82, 2.24) is 5.06 Å². The second kappa shape index (κ2) is 5.01. The molecule has 1 heterocycles. The van der Waals surface area contributed by atoms with Gasteiger partial charge < -0.3 is 4.84 Å². The van der Waals surface area contributed by atoms with Gasteiger partial charge in [-0.1, -0.05) is 53.6 Å². The molecular formula is C16H11NO3. The van der Waals surface area contributed by atoms with Crippen LogP contribution in [-0.2, 0) is 9.59 Å². The first kappa shape index (κ1) is 12.2. The van der Waals surface area contributed by atoms with Gasteiger partial charge in [0.25, 0.3) is 11.8 Å². The van der Waals surface area contributed by atoms with E-state index in [1.807, 2.05) is 42.5 Å². The minimum Gasteiger partial charge on any atom is -0.368 e. The Bertz CT molecular complexity index is 674. The molecule has 0 aliphatic carbocycles. The number of imide groups is 1. The molecule has 4 nitrogen and oxygen atoms in total. The van der Waals surface area contributed by atoms with Crippen molar-refractivity contribution in [2.45, 2.75) is 0 Å². The molecule has 0 saturated heterocycles. The number of benzene rings is 2. The van der Waals surface area contributed by atoms with Gasteiger partial charge in [-0.2, -0.15) is 0 Å². The highest BCUT2D eigenvalue weighted by molar-refractivity contribution is 6.12. The van der Waals surface area contributed by atoms with Crippen LogP contribution < -0.4 is 4.84 Å². The Labute approximate surface area is 115 Å². The molecule has 0 radical (unpaired) electrons. The zero-order chi connectivity index (χ0) is 13.9. The van der Waals surface area contributed by atoms with Crippen LogP contribution in [0.5, 0.6) is 5.75 Å². The number of hydrogen-bond acceptors (Lipinski definition) is 3. The zero-order valence-corrected chi connectivity index (χ0v) is 10.5. The van der Waals surface area contributed by atoms with Crippen LogP contribution in [0.25, 0.3) is 11.1 Å². The number of carbonyl (C=O) groups is 2. The molecule has 3 rings (SSSR count). The molecule has 20 heavy (non-hydrogen) atoms. The lowest BCUT2D eigenvalue weighted by molar-refractivity contribution is -0.162. The van der Waals surface area contributed by atoms with Crippen molar-refractivity contribution in [2.24, 2.45) is 0 Å². The minimum absolute atomic E-state index is 0.462. The van der Waals surface area contributed by atoms with Gasteiger partial charge in [-0.05, 0) is 11.6 Å². The number of rotatable bonds is 3. The Balaban J connectivity index is 1.95. The van der Waals surface area contributed by atoms with Crippen LogP contribution >= 0.6 is 0 Å². The van der Waals surface area contributed by atoms with E-state index in [0.717, 1.165) is 16.2 Å². The molecular weight excluding hydrogens is 254 g/mol. The fourth-order valence-corrected chi connectivity index (χ4v) is 1.98. The molecule has 0 saturated carbocycles. The Morgan fingerprint density at radius 1 is 0.750 bits per heavy atom. The molecule has 2 aromatic rings. The van der Waals surface area contributed by atoms with Crippen LogP contribution in [0.3, 0.4) is 0 Å². The molecule has 2 amide bonds. The number of hydrogen-bond donors (Lipinski definition) is 0. The van der Waals surface area contributed by atoms with Gasteiger partial charge in [0.15, 0.2) is 5.75 Å². The Morgan fingerprint density at radius 3 is 2.05 bits per heavy atom. The van der Waals surface area contributed by atoms with Crippen LogP contribution in [0.2, 0.25) is 0 Å². The molecule has 0 spiro atoms. The molecule has 0 aromatic heterocycles. The smallest absolute Gasteiger partial charge is 0.287 e. The second-order valence-electron chi connectivity index (χ2n) is 4.26. The topological polar surface area (TPSA) is 46.6 Å². The van der Waals surface area contributed by atoms with Crippen LogP contribution in [0.1, 0.15) is 0 Å². The lowest BCUT2D eigenvalue weighted by atomic mass is 10.1. The van der Waals surface area contributed by atoms with Crippen molar-refractivity contribution in [3.05, 3.63) is 66.7 Å². The second-order valence-corrected chi connectivity index (χ2v) is 4.26. The molecule has 0 N–H and O–H groups in total. The van der Waals surface area contributed by atoms with E-state index < -0.39 is 11.8 Å². The summed E-state index contributed by atoms with van der Waals surface area (Å²) in [5.74, 6) is -0.486. The molecule has 0 unspecified atom stereocenters. The molecule has 4 heteroatoms. The van der Waals surface area contributed by atoms with Crippen molar-refractivity contribution in [3.63, 3.8) is 0 Å². The minimum atomic E-state index is -0.474. The van der Waals surface area contributed by atoms with Gasteiger partial charge in [-0.15, -0.1) is 0 Å². The number of carbonyl (C=O) groups excluding carboxylic acids is 2. The van der Waals surface area contributed by atoms with Gasteiger partial charge in [-0.25, -0.2) is 0 Å². The SMILES string of the molecule is O=C1C=CC(=O)N1Oc1ccccc1-c1ccccc1. The number of para-hydroxylation sites is 1. The van der Waals surface area contributed by atoms with Gasteiger partial charge in [0.1, 0.15) is 0 Å². The predicted molar refractivity (Wildman–Crippen MR) is 73.5 cm³/mol. The molecule has 1 aliphatic rings. The number of amides is 2. The van der Waals surface area contributed by atoms with Gasteiger partial charge in [0, 0.05) is 17.7 Å². The summed E-state index contributed by atoms with van der Waals surface area (Å²) in [4.78, 5) is 28.5. The summed E-state index contributed by atoms with van der Waals surface area (Å²) >= 11 is 0. The summed E-state index contributed by atoms with van der Waals surface area (Å²) in [6.07, 6.45) is 2.38. The first-order valence-electron chi connectivity index (χ1n) is 6.14. The fourth-order valence-electron chi connectivity index (χ4n) is 1.98. The fraction of sp³-hybridized carbons (Fsp3) is 0. The molecule has 98 valence electrons. The largest absolute Gasteiger partial charge is 0.368 e. The van der Waals surface area contributed by atoms with E-state index in [4.69, 9.17) is 4.84 Å². The van der Waals surface area contributed by atoms with Gasteiger partial charge in [-0.3, -0.25) is 9.59 Å². The lowest BCUT2D eigenvalue weighted by Gasteiger charge is -2.17. The third-order valence-corrected chi connectivity index (χ3v) is 2.93. The number of hydroxylamine groups is 2. The van der Waals surface area contributed by atoms with Crippen LogP contribution in [0.15, 0.2) is 66.7 Å². The average molecular weight is 265 g/mol. The maximum Gasteiger partial charge on any atom is 0.287 e. The van der Waals surface area contributed by atoms with E-state index in [9.17, 15) is 9.59 Å². The third kappa shape index (κ3) is 2.19. The van der Waals surface area contributed by atoms with Crippen LogP contribution in [0.4, 0.5) is 0 Å². The van der Waals surface area contributed by atoms with Crippen molar-refractivity contribution in [3.8, 4) is 16.9 Å². The van der Waals surface area contributed by atoms with Crippen LogP contribution in [-0.4, -0.2) is 16.9 Å².